The molecule has 1 rings (SSSR count). The van der Waals surface area contributed by atoms with Gasteiger partial charge >= 0.3 is 6.03 Å². The van der Waals surface area contributed by atoms with Crippen LogP contribution in [0.15, 0.2) is 30.4 Å². The number of carbonyl (C=O) groups is 2. The fraction of sp³-hybridized carbons (Fsp3) is 0.474. The van der Waals surface area contributed by atoms with Crippen LogP contribution in [0.5, 0.6) is 0 Å². The summed E-state index contributed by atoms with van der Waals surface area (Å²) < 4.78 is 0. The second-order valence-electron chi connectivity index (χ2n) is 7.14. The van der Waals surface area contributed by atoms with E-state index in [-0.39, 0.29) is 11.9 Å². The van der Waals surface area contributed by atoms with Gasteiger partial charge in [0.15, 0.2) is 0 Å². The lowest BCUT2D eigenvalue weighted by atomic mass is 9.95. The molecule has 2 N–H and O–H groups in total. The molecule has 24 heavy (non-hydrogen) atoms. The number of likely N-dealkylation sites (N-methyl/N-ethyl adjacent to an activating group) is 1. The maximum absolute atomic E-state index is 12.3. The van der Waals surface area contributed by atoms with E-state index in [0.717, 1.165) is 11.1 Å². The number of hydrogen-bond acceptors (Lipinski definition) is 2. The molecule has 0 aromatic heterocycles. The standard InChI is InChI=1S/C19H29N3O2/c1-8-22(12-13(2)3)18(24)20-15-10-9-14(4)16(11-15)21-17(23)19(5,6)7/h9-11H,2,8,12H2,1,3-7H3,(H,20,24)(H,21,23). The lowest BCUT2D eigenvalue weighted by Gasteiger charge is -2.22. The maximum Gasteiger partial charge on any atom is 0.322 e. The Morgan fingerprint density at radius 3 is 2.33 bits per heavy atom. The lowest BCUT2D eigenvalue weighted by molar-refractivity contribution is -0.123. The van der Waals surface area contributed by atoms with Gasteiger partial charge in [0.2, 0.25) is 5.91 Å². The highest BCUT2D eigenvalue weighted by Gasteiger charge is 2.22. The number of hydrogen-bond donors (Lipinski definition) is 2. The molecule has 0 atom stereocenters. The molecule has 132 valence electrons. The van der Waals surface area contributed by atoms with Gasteiger partial charge in [-0.2, -0.15) is 0 Å². The Morgan fingerprint density at radius 1 is 1.21 bits per heavy atom. The topological polar surface area (TPSA) is 61.4 Å². The van der Waals surface area contributed by atoms with Gasteiger partial charge in [-0.25, -0.2) is 4.79 Å². The maximum atomic E-state index is 12.3. The number of nitrogens with zero attached hydrogens (tertiary/aromatic N) is 1. The molecular formula is C19H29N3O2. The molecule has 0 radical (unpaired) electrons. The van der Waals surface area contributed by atoms with E-state index in [1.807, 2.05) is 53.7 Å². The van der Waals surface area contributed by atoms with Gasteiger partial charge in [-0.1, -0.05) is 39.0 Å². The normalized spacial score (nSPS) is 10.9. The molecule has 0 spiro atoms. The van der Waals surface area contributed by atoms with E-state index in [1.54, 1.807) is 11.0 Å². The van der Waals surface area contributed by atoms with Gasteiger partial charge in [-0.15, -0.1) is 0 Å². The van der Waals surface area contributed by atoms with E-state index in [2.05, 4.69) is 17.2 Å². The summed E-state index contributed by atoms with van der Waals surface area (Å²) in [6.45, 7) is 16.3. The molecule has 3 amide bonds. The van der Waals surface area contributed by atoms with Gasteiger partial charge in [-0.3, -0.25) is 4.79 Å². The Kier molecular flexibility index (Phi) is 6.58. The Labute approximate surface area is 145 Å². The van der Waals surface area contributed by atoms with Gasteiger partial charge in [0.1, 0.15) is 0 Å². The third-order valence-electron chi connectivity index (χ3n) is 3.55. The molecule has 0 saturated carbocycles. The minimum absolute atomic E-state index is 0.0634. The zero-order valence-electron chi connectivity index (χ0n) is 15.6. The zero-order valence-corrected chi connectivity index (χ0v) is 15.6. The van der Waals surface area contributed by atoms with Gasteiger partial charge in [-0.05, 0) is 38.5 Å². The second kappa shape index (κ2) is 7.99. The number of nitrogens with one attached hydrogen (secondary N) is 2. The fourth-order valence-corrected chi connectivity index (χ4v) is 2.00. The quantitative estimate of drug-likeness (QED) is 0.785. The van der Waals surface area contributed by atoms with Crippen molar-refractivity contribution in [2.24, 2.45) is 5.41 Å². The van der Waals surface area contributed by atoms with Crippen LogP contribution < -0.4 is 10.6 Å². The minimum atomic E-state index is -0.480. The summed E-state index contributed by atoms with van der Waals surface area (Å²) in [6, 6.07) is 5.31. The molecule has 0 fully saturated rings. The van der Waals surface area contributed by atoms with Crippen molar-refractivity contribution in [3.05, 3.63) is 35.9 Å². The Hall–Kier alpha value is -2.30. The Bertz CT molecular complexity index is 630. The second-order valence-corrected chi connectivity index (χ2v) is 7.14. The van der Waals surface area contributed by atoms with Crippen LogP contribution in [0.1, 0.15) is 40.2 Å². The van der Waals surface area contributed by atoms with E-state index in [1.165, 1.54) is 0 Å². The molecule has 0 bridgehead atoms. The predicted molar refractivity (Wildman–Crippen MR) is 100 cm³/mol. The number of benzene rings is 1. The number of amides is 3. The van der Waals surface area contributed by atoms with Gasteiger partial charge < -0.3 is 15.5 Å². The molecule has 0 saturated heterocycles. The number of carbonyl (C=O) groups excluding carboxylic acids is 2. The van der Waals surface area contributed by atoms with Gasteiger partial charge in [0, 0.05) is 29.9 Å². The van der Waals surface area contributed by atoms with Crippen molar-refractivity contribution in [3.63, 3.8) is 0 Å². The third-order valence-corrected chi connectivity index (χ3v) is 3.55. The van der Waals surface area contributed by atoms with Gasteiger partial charge in [0.25, 0.3) is 0 Å². The lowest BCUT2D eigenvalue weighted by Crippen LogP contribution is -2.35. The summed E-state index contributed by atoms with van der Waals surface area (Å²) in [4.78, 5) is 26.2. The molecule has 0 aliphatic carbocycles. The van der Waals surface area contributed by atoms with Crippen LogP contribution in [0.2, 0.25) is 0 Å². The van der Waals surface area contributed by atoms with Crippen molar-refractivity contribution in [3.8, 4) is 0 Å². The SMILES string of the molecule is C=C(C)CN(CC)C(=O)Nc1ccc(C)c(NC(=O)C(C)(C)C)c1. The van der Waals surface area contributed by atoms with Crippen LogP contribution in [0.25, 0.3) is 0 Å². The zero-order chi connectivity index (χ0) is 18.5. The highest BCUT2D eigenvalue weighted by Crippen LogP contribution is 2.23. The average Bonchev–Trinajstić information content (AvgIpc) is 2.46. The van der Waals surface area contributed by atoms with E-state index < -0.39 is 5.41 Å². The number of anilines is 2. The van der Waals surface area contributed by atoms with Crippen molar-refractivity contribution in [2.75, 3.05) is 23.7 Å². The molecule has 5 heteroatoms. The third kappa shape index (κ3) is 5.72. The summed E-state index contributed by atoms with van der Waals surface area (Å²) in [7, 11) is 0. The molecule has 1 aromatic carbocycles. The largest absolute Gasteiger partial charge is 0.325 e. The highest BCUT2D eigenvalue weighted by atomic mass is 16.2. The fourth-order valence-electron chi connectivity index (χ4n) is 2.00. The smallest absolute Gasteiger partial charge is 0.322 e. The summed E-state index contributed by atoms with van der Waals surface area (Å²) in [5.74, 6) is -0.0634. The molecule has 1 aromatic rings. The Morgan fingerprint density at radius 2 is 1.83 bits per heavy atom. The highest BCUT2D eigenvalue weighted by molar-refractivity contribution is 5.96. The summed E-state index contributed by atoms with van der Waals surface area (Å²) in [6.07, 6.45) is 0. The monoisotopic (exact) mass is 331 g/mol. The van der Waals surface area contributed by atoms with Crippen LogP contribution in [-0.4, -0.2) is 29.9 Å². The summed E-state index contributed by atoms with van der Waals surface area (Å²) in [5.41, 5.74) is 2.74. The first-order chi connectivity index (χ1) is 11.0. The van der Waals surface area contributed by atoms with Crippen molar-refractivity contribution in [1.82, 2.24) is 4.90 Å². The first kappa shape index (κ1) is 19.7. The van der Waals surface area contributed by atoms with Crippen LogP contribution >= 0.6 is 0 Å². The summed E-state index contributed by atoms with van der Waals surface area (Å²) in [5, 5.41) is 5.79. The molecule has 5 nitrogen and oxygen atoms in total. The van der Waals surface area contributed by atoms with Crippen LogP contribution in [0.4, 0.5) is 16.2 Å². The van der Waals surface area contributed by atoms with Crippen molar-refractivity contribution >= 4 is 23.3 Å². The molecule has 0 aliphatic rings. The minimum Gasteiger partial charge on any atom is -0.325 e. The van der Waals surface area contributed by atoms with Gasteiger partial charge in [0.05, 0.1) is 0 Å². The molecule has 0 heterocycles. The van der Waals surface area contributed by atoms with E-state index in [9.17, 15) is 9.59 Å². The number of rotatable bonds is 5. The summed E-state index contributed by atoms with van der Waals surface area (Å²) >= 11 is 0. The van der Waals surface area contributed by atoms with Crippen molar-refractivity contribution in [1.29, 1.82) is 0 Å². The van der Waals surface area contributed by atoms with E-state index in [4.69, 9.17) is 0 Å². The van der Waals surface area contributed by atoms with Crippen LogP contribution in [0, 0.1) is 12.3 Å². The van der Waals surface area contributed by atoms with Crippen LogP contribution in [-0.2, 0) is 4.79 Å². The molecule has 0 aliphatic heterocycles. The first-order valence-electron chi connectivity index (χ1n) is 8.17. The average molecular weight is 331 g/mol. The van der Waals surface area contributed by atoms with E-state index in [0.29, 0.717) is 24.5 Å². The molecule has 0 unspecified atom stereocenters. The first-order valence-corrected chi connectivity index (χ1v) is 8.17. The number of urea groups is 1. The van der Waals surface area contributed by atoms with Crippen molar-refractivity contribution < 1.29 is 9.59 Å². The predicted octanol–water partition coefficient (Wildman–Crippen LogP) is 4.41. The van der Waals surface area contributed by atoms with Crippen LogP contribution in [0.3, 0.4) is 0 Å². The van der Waals surface area contributed by atoms with E-state index >= 15 is 0 Å². The Balaban J connectivity index is 2.91. The number of aryl methyl sites for hydroxylation is 1. The molecular weight excluding hydrogens is 302 g/mol. The van der Waals surface area contributed by atoms with Crippen molar-refractivity contribution in [2.45, 2.75) is 41.5 Å².